The molecule has 0 aliphatic carbocycles. The predicted molar refractivity (Wildman–Crippen MR) is 56.8 cm³/mol. The Morgan fingerprint density at radius 2 is 0.833 bits per heavy atom. The molecule has 0 aliphatic heterocycles. The van der Waals surface area contributed by atoms with E-state index in [0.29, 0.717) is 0 Å². The monoisotopic (exact) mass is 380 g/mol. The van der Waals surface area contributed by atoms with Crippen molar-refractivity contribution in [3.8, 4) is 0 Å². The first-order valence-corrected chi connectivity index (χ1v) is 5.96. The van der Waals surface area contributed by atoms with Crippen molar-refractivity contribution in [2.24, 2.45) is 11.8 Å². The van der Waals surface area contributed by atoms with Crippen molar-refractivity contribution in [3.05, 3.63) is 0 Å². The van der Waals surface area contributed by atoms with Gasteiger partial charge in [0.05, 0.1) is 0 Å². The molecule has 0 rings (SSSR count). The van der Waals surface area contributed by atoms with E-state index < -0.39 is 48.6 Å². The number of hydrogen-bond donors (Lipinski definition) is 0. The topological polar surface area (TPSA) is 161 Å². The Labute approximate surface area is 229 Å². The van der Waals surface area contributed by atoms with Crippen LogP contribution in [0.5, 0.6) is 0 Å². The number of carboxylic acid groups (broad SMARTS) is 4. The van der Waals surface area contributed by atoms with Crippen LogP contribution >= 0.6 is 0 Å². The zero-order chi connectivity index (χ0) is 16.3. The van der Waals surface area contributed by atoms with Gasteiger partial charge in [0, 0.05) is 35.7 Å². The van der Waals surface area contributed by atoms with Crippen molar-refractivity contribution in [2.75, 3.05) is 0 Å². The Morgan fingerprint density at radius 3 is 0.875 bits per heavy atom. The van der Waals surface area contributed by atoms with Gasteiger partial charge in [0.15, 0.2) is 0 Å². The third kappa shape index (κ3) is 26.1. The normalized spacial score (nSPS) is 10.4. The second-order valence-corrected chi connectivity index (χ2v) is 4.00. The molecule has 2 unspecified atom stereocenters. The van der Waals surface area contributed by atoms with Gasteiger partial charge in [-0.25, -0.2) is 0 Å². The molecule has 12 heteroatoms. The molecule has 0 aromatic rings. The summed E-state index contributed by atoms with van der Waals surface area (Å²) in [7, 11) is 0. The molecule has 8 nitrogen and oxygen atoms in total. The van der Waals surface area contributed by atoms with Crippen LogP contribution in [0, 0.1) is 11.8 Å². The van der Waals surface area contributed by atoms with Gasteiger partial charge < -0.3 is 39.6 Å². The third-order valence-corrected chi connectivity index (χ3v) is 2.48. The summed E-state index contributed by atoms with van der Waals surface area (Å²) < 4.78 is 0. The number of rotatable bonds is 8. The molecular formula is C12H16Na4O8. The van der Waals surface area contributed by atoms with Crippen LogP contribution in [0.15, 0.2) is 0 Å². The molecule has 24 heavy (non-hydrogen) atoms. The van der Waals surface area contributed by atoms with E-state index in [-0.39, 0.29) is 131 Å². The van der Waals surface area contributed by atoms with E-state index >= 15 is 0 Å². The zero-order valence-corrected chi connectivity index (χ0v) is 23.2. The fourth-order valence-electron chi connectivity index (χ4n) is 1.19. The number of carboxylic acids is 4. The summed E-state index contributed by atoms with van der Waals surface area (Å²) in [6, 6.07) is 0. The number of carbonyl (C=O) groups excluding carboxylic acids is 4. The van der Waals surface area contributed by atoms with Crippen LogP contribution in [0.4, 0.5) is 0 Å². The summed E-state index contributed by atoms with van der Waals surface area (Å²) in [5.74, 6) is -7.18. The Bertz CT molecular complexity index is 331. The average Bonchev–Trinajstić information content (AvgIpc) is 2.32. The van der Waals surface area contributed by atoms with Gasteiger partial charge in [0.1, 0.15) is 0 Å². The van der Waals surface area contributed by atoms with Crippen LogP contribution < -0.4 is 139 Å². The molecule has 2 atom stereocenters. The summed E-state index contributed by atoms with van der Waals surface area (Å²) in [6.07, 6.45) is -0.399. The summed E-state index contributed by atoms with van der Waals surface area (Å²) in [5.41, 5.74) is 0. The van der Waals surface area contributed by atoms with Crippen LogP contribution in [0.1, 0.15) is 39.5 Å². The number of aliphatic carboxylic acids is 4. The standard InChI is InChI=1S/2C6H10O4.4Na/c2*1-2-4(6(9)10)3-5(7)8;;;;/h2*4H,2-3H2,1H3,(H,7,8)(H,9,10);;;;/q;;4*+1/p-4. The first-order valence-electron chi connectivity index (χ1n) is 5.96. The van der Waals surface area contributed by atoms with E-state index in [1.54, 1.807) is 13.8 Å². The maximum atomic E-state index is 10.1. The number of hydrogen-bond acceptors (Lipinski definition) is 8. The van der Waals surface area contributed by atoms with Gasteiger partial charge in [-0.1, -0.05) is 13.8 Å². The van der Waals surface area contributed by atoms with Crippen molar-refractivity contribution >= 4 is 23.9 Å². The molecule has 0 fully saturated rings. The molecular weight excluding hydrogens is 364 g/mol. The Morgan fingerprint density at radius 1 is 0.625 bits per heavy atom. The molecule has 0 aromatic heterocycles. The van der Waals surface area contributed by atoms with E-state index in [1.165, 1.54) is 0 Å². The van der Waals surface area contributed by atoms with Crippen LogP contribution in [0.2, 0.25) is 0 Å². The summed E-state index contributed by atoms with van der Waals surface area (Å²) in [4.78, 5) is 39.9. The quantitative estimate of drug-likeness (QED) is 0.375. The van der Waals surface area contributed by atoms with Gasteiger partial charge in [0.25, 0.3) is 0 Å². The summed E-state index contributed by atoms with van der Waals surface area (Å²) in [5, 5.41) is 39.9. The Kier molecular flexibility index (Phi) is 42.0. The minimum Gasteiger partial charge on any atom is -0.550 e. The largest absolute Gasteiger partial charge is 1.00 e. The average molecular weight is 380 g/mol. The smallest absolute Gasteiger partial charge is 0.550 e. The maximum Gasteiger partial charge on any atom is 1.00 e. The molecule has 0 radical (unpaired) electrons. The van der Waals surface area contributed by atoms with Crippen LogP contribution in [0.3, 0.4) is 0 Å². The van der Waals surface area contributed by atoms with Gasteiger partial charge in [-0.2, -0.15) is 0 Å². The van der Waals surface area contributed by atoms with Crippen molar-refractivity contribution in [3.63, 3.8) is 0 Å². The van der Waals surface area contributed by atoms with Crippen LogP contribution in [0.25, 0.3) is 0 Å². The molecule has 0 N–H and O–H groups in total. The van der Waals surface area contributed by atoms with E-state index in [9.17, 15) is 39.6 Å². The molecule has 0 saturated heterocycles. The number of carbonyl (C=O) groups is 4. The molecule has 0 saturated carbocycles. The van der Waals surface area contributed by atoms with Crippen molar-refractivity contribution < 1.29 is 158 Å². The zero-order valence-electron chi connectivity index (χ0n) is 15.2. The molecule has 0 aliphatic rings. The van der Waals surface area contributed by atoms with Crippen molar-refractivity contribution in [2.45, 2.75) is 39.5 Å². The minimum absolute atomic E-state index is 0. The second-order valence-electron chi connectivity index (χ2n) is 4.00. The summed E-state index contributed by atoms with van der Waals surface area (Å²) in [6.45, 7) is 3.17. The van der Waals surface area contributed by atoms with Gasteiger partial charge in [-0.05, 0) is 25.7 Å². The van der Waals surface area contributed by atoms with Gasteiger partial charge in [-0.15, -0.1) is 0 Å². The molecule has 0 heterocycles. The molecule has 0 bridgehead atoms. The third-order valence-electron chi connectivity index (χ3n) is 2.48. The van der Waals surface area contributed by atoms with Crippen molar-refractivity contribution in [1.29, 1.82) is 0 Å². The summed E-state index contributed by atoms with van der Waals surface area (Å²) >= 11 is 0. The molecule has 116 valence electrons. The first kappa shape index (κ1) is 40.5. The van der Waals surface area contributed by atoms with Gasteiger partial charge in [0.2, 0.25) is 0 Å². The fraction of sp³-hybridized carbons (Fsp3) is 0.667. The van der Waals surface area contributed by atoms with E-state index in [4.69, 9.17) is 0 Å². The molecule has 0 aromatic carbocycles. The Balaban J connectivity index is -0.0000000579. The van der Waals surface area contributed by atoms with Crippen LogP contribution in [-0.2, 0) is 19.2 Å². The van der Waals surface area contributed by atoms with Crippen LogP contribution in [-0.4, -0.2) is 23.9 Å². The van der Waals surface area contributed by atoms with E-state index in [1.807, 2.05) is 0 Å². The van der Waals surface area contributed by atoms with E-state index in [0.717, 1.165) is 0 Å². The second kappa shape index (κ2) is 24.9. The predicted octanol–water partition coefficient (Wildman–Crippen LogP) is -16.2. The first-order chi connectivity index (χ1) is 9.15. The van der Waals surface area contributed by atoms with Gasteiger partial charge >= 0.3 is 118 Å². The molecule has 0 spiro atoms. The maximum absolute atomic E-state index is 10.1. The molecule has 0 amide bonds. The fourth-order valence-corrected chi connectivity index (χ4v) is 1.19. The SMILES string of the molecule is CCC(CC(=O)[O-])C(=O)[O-].CCC(CC(=O)[O-])C(=O)[O-].[Na+].[Na+].[Na+].[Na+]. The van der Waals surface area contributed by atoms with Crippen molar-refractivity contribution in [1.82, 2.24) is 0 Å². The Hall–Kier alpha value is 1.88. The minimum atomic E-state index is -1.35. The van der Waals surface area contributed by atoms with E-state index in [2.05, 4.69) is 0 Å². The van der Waals surface area contributed by atoms with Gasteiger partial charge in [-0.3, -0.25) is 0 Å².